The van der Waals surface area contributed by atoms with Crippen molar-refractivity contribution in [3.63, 3.8) is 0 Å². The van der Waals surface area contributed by atoms with E-state index in [1.807, 2.05) is 25.1 Å². The van der Waals surface area contributed by atoms with Gasteiger partial charge in [-0.1, -0.05) is 53.6 Å². The molecule has 150 valence electrons. The normalized spacial score (nSPS) is 11.1. The molecule has 1 N–H and O–H groups in total. The van der Waals surface area contributed by atoms with E-state index in [0.29, 0.717) is 16.3 Å². The Labute approximate surface area is 176 Å². The van der Waals surface area contributed by atoms with Gasteiger partial charge in [0, 0.05) is 24.2 Å². The molecule has 7 heteroatoms. The number of rotatable bonds is 6. The summed E-state index contributed by atoms with van der Waals surface area (Å²) in [5.74, 6) is -0.312. The average Bonchev–Trinajstić information content (AvgIpc) is 2.72. The lowest BCUT2D eigenvalue weighted by molar-refractivity contribution is 0.0951. The Morgan fingerprint density at radius 3 is 2.38 bits per heavy atom. The van der Waals surface area contributed by atoms with Crippen LogP contribution in [0.25, 0.3) is 0 Å². The topological polar surface area (TPSA) is 66.5 Å². The van der Waals surface area contributed by atoms with Crippen molar-refractivity contribution in [1.29, 1.82) is 0 Å². The number of amides is 1. The Bertz CT molecular complexity index is 1130. The van der Waals surface area contributed by atoms with Gasteiger partial charge in [-0.05, 0) is 48.9 Å². The minimum Gasteiger partial charge on any atom is -0.348 e. The molecule has 29 heavy (non-hydrogen) atoms. The second kappa shape index (κ2) is 8.68. The Balaban J connectivity index is 1.78. The van der Waals surface area contributed by atoms with Gasteiger partial charge in [0.15, 0.2) is 0 Å². The van der Waals surface area contributed by atoms with E-state index in [2.05, 4.69) is 5.32 Å². The monoisotopic (exact) mass is 428 g/mol. The van der Waals surface area contributed by atoms with Crippen LogP contribution in [0.4, 0.5) is 5.69 Å². The van der Waals surface area contributed by atoms with Crippen molar-refractivity contribution in [2.24, 2.45) is 0 Å². The van der Waals surface area contributed by atoms with Crippen LogP contribution >= 0.6 is 11.6 Å². The van der Waals surface area contributed by atoms with E-state index in [1.54, 1.807) is 54.6 Å². The van der Waals surface area contributed by atoms with E-state index in [0.717, 1.165) is 11.1 Å². The highest BCUT2D eigenvalue weighted by Gasteiger charge is 2.21. The zero-order valence-corrected chi connectivity index (χ0v) is 17.7. The minimum absolute atomic E-state index is 0.194. The second-order valence-electron chi connectivity index (χ2n) is 6.61. The van der Waals surface area contributed by atoms with Gasteiger partial charge >= 0.3 is 0 Å². The molecule has 0 aromatic heterocycles. The molecule has 0 saturated carbocycles. The number of sulfonamides is 1. The number of carbonyl (C=O) groups is 1. The first-order valence-electron chi connectivity index (χ1n) is 8.96. The molecule has 0 aliphatic rings. The molecular formula is C22H21ClN2O3S. The maximum absolute atomic E-state index is 12.9. The van der Waals surface area contributed by atoms with Crippen LogP contribution in [0.2, 0.25) is 5.02 Å². The van der Waals surface area contributed by atoms with Crippen LogP contribution in [-0.2, 0) is 16.6 Å². The van der Waals surface area contributed by atoms with E-state index in [1.165, 1.54) is 11.4 Å². The zero-order valence-electron chi connectivity index (χ0n) is 16.1. The number of halogens is 1. The van der Waals surface area contributed by atoms with Crippen molar-refractivity contribution in [3.8, 4) is 0 Å². The largest absolute Gasteiger partial charge is 0.348 e. The van der Waals surface area contributed by atoms with Crippen molar-refractivity contribution in [1.82, 2.24) is 5.32 Å². The van der Waals surface area contributed by atoms with Crippen molar-refractivity contribution < 1.29 is 13.2 Å². The lowest BCUT2D eigenvalue weighted by Crippen LogP contribution is -2.27. The summed E-state index contributed by atoms with van der Waals surface area (Å²) in [6.07, 6.45) is 0. The van der Waals surface area contributed by atoms with Crippen LogP contribution in [-0.4, -0.2) is 21.4 Å². The molecule has 1 amide bonds. The summed E-state index contributed by atoms with van der Waals surface area (Å²) in [7, 11) is -2.26. The lowest BCUT2D eigenvalue weighted by atomic mass is 10.1. The number of hydrogen-bond acceptors (Lipinski definition) is 3. The molecule has 0 bridgehead atoms. The summed E-state index contributed by atoms with van der Waals surface area (Å²) in [6.45, 7) is 2.17. The summed E-state index contributed by atoms with van der Waals surface area (Å²) in [6, 6.07) is 20.4. The van der Waals surface area contributed by atoms with Crippen LogP contribution < -0.4 is 9.62 Å². The van der Waals surface area contributed by atoms with Gasteiger partial charge < -0.3 is 5.32 Å². The molecule has 0 spiro atoms. The van der Waals surface area contributed by atoms with E-state index < -0.39 is 10.0 Å². The summed E-state index contributed by atoms with van der Waals surface area (Å²) in [5.41, 5.74) is 2.54. The van der Waals surface area contributed by atoms with Crippen molar-refractivity contribution in [2.75, 3.05) is 11.4 Å². The highest BCUT2D eigenvalue weighted by atomic mass is 35.5. The average molecular weight is 429 g/mol. The maximum atomic E-state index is 12.9. The third-order valence-corrected chi connectivity index (χ3v) is 6.72. The molecule has 0 aliphatic carbocycles. The molecule has 0 aliphatic heterocycles. The minimum atomic E-state index is -3.73. The standard InChI is InChI=1S/C22H21ClN2O3S/c1-16-10-12-20(13-11-16)29(27,28)25(2)19-8-5-7-17(14-19)22(26)24-15-18-6-3-4-9-21(18)23/h3-14H,15H2,1-2H3,(H,24,26). The SMILES string of the molecule is Cc1ccc(S(=O)(=O)N(C)c2cccc(C(=O)NCc3ccccc3Cl)c2)cc1. The maximum Gasteiger partial charge on any atom is 0.264 e. The number of hydrogen-bond donors (Lipinski definition) is 1. The third-order valence-electron chi connectivity index (χ3n) is 4.55. The summed E-state index contributed by atoms with van der Waals surface area (Å²) in [4.78, 5) is 12.7. The van der Waals surface area contributed by atoms with Gasteiger partial charge in [-0.15, -0.1) is 0 Å². The Morgan fingerprint density at radius 1 is 1.00 bits per heavy atom. The fourth-order valence-corrected chi connectivity index (χ4v) is 4.16. The van der Waals surface area contributed by atoms with Gasteiger partial charge in [0.2, 0.25) is 0 Å². The van der Waals surface area contributed by atoms with Gasteiger partial charge in [0.05, 0.1) is 10.6 Å². The summed E-state index contributed by atoms with van der Waals surface area (Å²) >= 11 is 6.11. The lowest BCUT2D eigenvalue weighted by Gasteiger charge is -2.20. The van der Waals surface area contributed by atoms with Crippen LogP contribution in [0, 0.1) is 6.92 Å². The van der Waals surface area contributed by atoms with Crippen LogP contribution in [0.15, 0.2) is 77.7 Å². The molecule has 0 atom stereocenters. The van der Waals surface area contributed by atoms with Gasteiger partial charge in [-0.3, -0.25) is 9.10 Å². The predicted octanol–water partition coefficient (Wildman–Crippen LogP) is 4.40. The number of benzene rings is 3. The molecule has 5 nitrogen and oxygen atoms in total. The molecular weight excluding hydrogens is 408 g/mol. The Hall–Kier alpha value is -2.83. The number of carbonyl (C=O) groups excluding carboxylic acids is 1. The molecule has 0 radical (unpaired) electrons. The number of nitrogens with zero attached hydrogens (tertiary/aromatic N) is 1. The second-order valence-corrected chi connectivity index (χ2v) is 8.99. The summed E-state index contributed by atoms with van der Waals surface area (Å²) in [5, 5.41) is 3.38. The smallest absolute Gasteiger partial charge is 0.264 e. The Kier molecular flexibility index (Phi) is 6.25. The van der Waals surface area contributed by atoms with E-state index in [4.69, 9.17) is 11.6 Å². The first-order valence-corrected chi connectivity index (χ1v) is 10.8. The first kappa shape index (κ1) is 20.9. The van der Waals surface area contributed by atoms with E-state index in [-0.39, 0.29) is 17.3 Å². The number of aryl methyl sites for hydroxylation is 1. The van der Waals surface area contributed by atoms with Crippen molar-refractivity contribution in [2.45, 2.75) is 18.4 Å². The van der Waals surface area contributed by atoms with Crippen LogP contribution in [0.3, 0.4) is 0 Å². The fourth-order valence-electron chi connectivity index (χ4n) is 2.77. The van der Waals surface area contributed by atoms with E-state index in [9.17, 15) is 13.2 Å². The molecule has 0 unspecified atom stereocenters. The van der Waals surface area contributed by atoms with Gasteiger partial charge in [0.1, 0.15) is 0 Å². The van der Waals surface area contributed by atoms with Gasteiger partial charge in [0.25, 0.3) is 15.9 Å². The quantitative estimate of drug-likeness (QED) is 0.632. The van der Waals surface area contributed by atoms with Crippen LogP contribution in [0.1, 0.15) is 21.5 Å². The fraction of sp³-hybridized carbons (Fsp3) is 0.136. The summed E-state index contributed by atoms with van der Waals surface area (Å²) < 4.78 is 26.9. The van der Waals surface area contributed by atoms with Gasteiger partial charge in [-0.2, -0.15) is 0 Å². The van der Waals surface area contributed by atoms with Crippen molar-refractivity contribution in [3.05, 3.63) is 94.5 Å². The zero-order chi connectivity index (χ0) is 21.0. The first-order chi connectivity index (χ1) is 13.8. The van der Waals surface area contributed by atoms with E-state index >= 15 is 0 Å². The van der Waals surface area contributed by atoms with Gasteiger partial charge in [-0.25, -0.2) is 8.42 Å². The highest BCUT2D eigenvalue weighted by Crippen LogP contribution is 2.23. The molecule has 0 fully saturated rings. The Morgan fingerprint density at radius 2 is 1.69 bits per heavy atom. The third kappa shape index (κ3) is 4.78. The number of nitrogens with one attached hydrogen (secondary N) is 1. The molecule has 0 saturated heterocycles. The predicted molar refractivity (Wildman–Crippen MR) is 116 cm³/mol. The molecule has 3 rings (SSSR count). The number of anilines is 1. The molecule has 0 heterocycles. The molecule has 3 aromatic rings. The van der Waals surface area contributed by atoms with Crippen LogP contribution in [0.5, 0.6) is 0 Å². The molecule has 3 aromatic carbocycles. The highest BCUT2D eigenvalue weighted by molar-refractivity contribution is 7.92. The van der Waals surface area contributed by atoms with Crippen molar-refractivity contribution >= 4 is 33.2 Å².